The van der Waals surface area contributed by atoms with E-state index in [0.717, 1.165) is 6.42 Å². The summed E-state index contributed by atoms with van der Waals surface area (Å²) in [5.74, 6) is -0.420. The molecule has 0 saturated carbocycles. The Morgan fingerprint density at radius 2 is 2.40 bits per heavy atom. The molecule has 0 aromatic carbocycles. The lowest BCUT2D eigenvalue weighted by Crippen LogP contribution is -2.16. The van der Waals surface area contributed by atoms with Crippen molar-refractivity contribution in [1.82, 2.24) is 0 Å². The molecule has 3 nitrogen and oxygen atoms in total. The van der Waals surface area contributed by atoms with Gasteiger partial charge < -0.3 is 9.58 Å². The second kappa shape index (κ2) is 4.80. The molecule has 0 spiro atoms. The Hall–Kier alpha value is -1.04. The molecule has 1 unspecified atom stereocenters. The van der Waals surface area contributed by atoms with Gasteiger partial charge in [-0.05, 0) is 6.42 Å². The number of hydrogen-bond acceptors (Lipinski definition) is 2. The van der Waals surface area contributed by atoms with Gasteiger partial charge in [0.1, 0.15) is 0 Å². The van der Waals surface area contributed by atoms with Crippen LogP contribution in [0.2, 0.25) is 0 Å². The Kier molecular flexibility index (Phi) is 4.30. The van der Waals surface area contributed by atoms with Gasteiger partial charge in [0.05, 0.1) is 6.61 Å². The average Bonchev–Trinajstić information content (AvgIpc) is 1.98. The molecule has 0 aromatic heterocycles. The fourth-order valence-electron chi connectivity index (χ4n) is 0.376. The lowest BCUT2D eigenvalue weighted by Gasteiger charge is -1.99. The van der Waals surface area contributed by atoms with Crippen molar-refractivity contribution in [2.45, 2.75) is 26.3 Å². The van der Waals surface area contributed by atoms with Gasteiger partial charge >= 0.3 is 12.0 Å². The van der Waals surface area contributed by atoms with Crippen molar-refractivity contribution in [2.75, 3.05) is 6.61 Å². The molecule has 0 aliphatic heterocycles. The van der Waals surface area contributed by atoms with Gasteiger partial charge in [0, 0.05) is 6.92 Å². The van der Waals surface area contributed by atoms with Crippen LogP contribution in [0.1, 0.15) is 20.3 Å². The lowest BCUT2D eigenvalue weighted by molar-refractivity contribution is -0.143. The number of carbonyl (C=O) groups is 1. The van der Waals surface area contributed by atoms with Crippen LogP contribution in [0.5, 0.6) is 0 Å². The minimum absolute atomic E-state index is 0.415. The van der Waals surface area contributed by atoms with Crippen LogP contribution in [0.4, 0.5) is 0 Å². The highest BCUT2D eigenvalue weighted by molar-refractivity contribution is 5.77. The monoisotopic (exact) mass is 141 g/mol. The summed E-state index contributed by atoms with van der Waals surface area (Å²) in [4.78, 5) is 13.7. The Morgan fingerprint density at radius 3 is 2.80 bits per heavy atom. The number of esters is 1. The van der Waals surface area contributed by atoms with Crippen LogP contribution in [0.3, 0.4) is 0 Å². The van der Waals surface area contributed by atoms with E-state index in [1.807, 2.05) is 6.92 Å². The zero-order valence-electron chi connectivity index (χ0n) is 6.26. The Morgan fingerprint density at radius 1 is 1.80 bits per heavy atom. The third kappa shape index (κ3) is 3.08. The largest absolute Gasteiger partial charge is 0.460 e. The van der Waals surface area contributed by atoms with E-state index >= 15 is 0 Å². The first-order valence-corrected chi connectivity index (χ1v) is 3.25. The second-order valence-corrected chi connectivity index (χ2v) is 1.97. The molecule has 0 aliphatic carbocycles. The molecular formula is C7H11NO2. The number of hydrogen-bond donors (Lipinski definition) is 0. The van der Waals surface area contributed by atoms with Crippen molar-refractivity contribution in [3.05, 3.63) is 11.4 Å². The zero-order chi connectivity index (χ0) is 7.98. The summed E-state index contributed by atoms with van der Waals surface area (Å²) in [5.41, 5.74) is 0. The second-order valence-electron chi connectivity index (χ2n) is 1.97. The highest BCUT2D eigenvalue weighted by Crippen LogP contribution is 1.93. The molecule has 10 heavy (non-hydrogen) atoms. The summed E-state index contributed by atoms with van der Waals surface area (Å²) in [6.07, 6.45) is 0.802. The van der Waals surface area contributed by atoms with Crippen LogP contribution in [-0.2, 0) is 9.53 Å². The fraction of sp³-hybridized carbons (Fsp3) is 0.714. The van der Waals surface area contributed by atoms with Gasteiger partial charge in [-0.1, -0.05) is 6.92 Å². The van der Waals surface area contributed by atoms with Gasteiger partial charge in [-0.2, -0.15) is 0 Å². The summed E-state index contributed by atoms with van der Waals surface area (Å²) in [7, 11) is 0. The fourth-order valence-corrected chi connectivity index (χ4v) is 0.376. The van der Waals surface area contributed by atoms with Gasteiger partial charge in [-0.15, -0.1) is 0 Å². The summed E-state index contributed by atoms with van der Waals surface area (Å²) in [6, 6.07) is -0.647. The third-order valence-electron chi connectivity index (χ3n) is 0.983. The zero-order valence-corrected chi connectivity index (χ0v) is 6.26. The first-order chi connectivity index (χ1) is 4.72. The first kappa shape index (κ1) is 8.96. The highest BCUT2D eigenvalue weighted by Gasteiger charge is 2.17. The minimum Gasteiger partial charge on any atom is -0.460 e. The molecule has 3 heteroatoms. The number of carbonyl (C=O) groups excluding carboxylic acids is 1. The summed E-state index contributed by atoms with van der Waals surface area (Å²) in [5, 5.41) is 0. The minimum atomic E-state index is -0.647. The van der Waals surface area contributed by atoms with Crippen LogP contribution >= 0.6 is 0 Å². The average molecular weight is 141 g/mol. The van der Waals surface area contributed by atoms with Crippen molar-refractivity contribution in [3.8, 4) is 0 Å². The maximum Gasteiger partial charge on any atom is 0.389 e. The maximum absolute atomic E-state index is 10.7. The number of ether oxygens (including phenoxy) is 1. The molecule has 0 rings (SSSR count). The number of nitrogens with zero attached hydrogens (tertiary/aromatic N) is 1. The van der Waals surface area contributed by atoms with E-state index in [1.165, 1.54) is 6.92 Å². The molecule has 0 fully saturated rings. The van der Waals surface area contributed by atoms with Gasteiger partial charge in [0.2, 0.25) is 0 Å². The SMILES string of the molecule is [C-]#[N+]C(C)C(=O)OCCC. The predicted octanol–water partition coefficient (Wildman–Crippen LogP) is 1.25. The maximum atomic E-state index is 10.7. The summed E-state index contributed by atoms with van der Waals surface area (Å²) in [6.45, 7) is 10.4. The molecule has 0 heterocycles. The normalized spacial score (nSPS) is 11.7. The smallest absolute Gasteiger partial charge is 0.389 e. The molecule has 0 amide bonds. The van der Waals surface area contributed by atoms with Crippen molar-refractivity contribution >= 4 is 5.97 Å². The first-order valence-electron chi connectivity index (χ1n) is 3.25. The molecule has 56 valence electrons. The molecule has 0 aliphatic rings. The van der Waals surface area contributed by atoms with Crippen LogP contribution in [0.25, 0.3) is 4.85 Å². The van der Waals surface area contributed by atoms with Gasteiger partial charge in [0.15, 0.2) is 0 Å². The molecule has 0 bridgehead atoms. The summed E-state index contributed by atoms with van der Waals surface area (Å²) < 4.78 is 4.69. The Bertz CT molecular complexity index is 148. The molecule has 0 saturated heterocycles. The predicted molar refractivity (Wildman–Crippen MR) is 37.3 cm³/mol. The highest BCUT2D eigenvalue weighted by atomic mass is 16.5. The molecule has 0 radical (unpaired) electrons. The van der Waals surface area contributed by atoms with E-state index in [0.29, 0.717) is 6.61 Å². The summed E-state index contributed by atoms with van der Waals surface area (Å²) >= 11 is 0. The number of rotatable bonds is 3. The van der Waals surface area contributed by atoms with Crippen molar-refractivity contribution in [3.63, 3.8) is 0 Å². The van der Waals surface area contributed by atoms with Gasteiger partial charge in [-0.25, -0.2) is 11.4 Å². The van der Waals surface area contributed by atoms with Gasteiger partial charge in [-0.3, -0.25) is 0 Å². The van der Waals surface area contributed by atoms with Gasteiger partial charge in [0.25, 0.3) is 0 Å². The van der Waals surface area contributed by atoms with Crippen LogP contribution in [0.15, 0.2) is 0 Å². The van der Waals surface area contributed by atoms with E-state index in [-0.39, 0.29) is 0 Å². The Labute approximate surface area is 60.8 Å². The standard InChI is InChI=1S/C7H11NO2/c1-4-5-10-7(9)6(2)8-3/h6H,4-5H2,1-2H3. The van der Waals surface area contributed by atoms with Crippen LogP contribution in [-0.4, -0.2) is 18.6 Å². The van der Waals surface area contributed by atoms with E-state index in [4.69, 9.17) is 11.3 Å². The molecule has 1 atom stereocenters. The van der Waals surface area contributed by atoms with Crippen LogP contribution in [0, 0.1) is 6.57 Å². The van der Waals surface area contributed by atoms with Crippen molar-refractivity contribution in [2.24, 2.45) is 0 Å². The quantitative estimate of drug-likeness (QED) is 0.437. The van der Waals surface area contributed by atoms with E-state index in [9.17, 15) is 4.79 Å². The topological polar surface area (TPSA) is 30.7 Å². The van der Waals surface area contributed by atoms with Crippen LogP contribution < -0.4 is 0 Å². The molecule has 0 aromatic rings. The lowest BCUT2D eigenvalue weighted by atomic mass is 10.4. The Balaban J connectivity index is 3.54. The molecule has 0 N–H and O–H groups in total. The molecular weight excluding hydrogens is 130 g/mol. The van der Waals surface area contributed by atoms with E-state index < -0.39 is 12.0 Å². The third-order valence-corrected chi connectivity index (χ3v) is 0.983. The van der Waals surface area contributed by atoms with E-state index in [2.05, 4.69) is 4.85 Å². The van der Waals surface area contributed by atoms with Crippen molar-refractivity contribution in [1.29, 1.82) is 0 Å². The van der Waals surface area contributed by atoms with E-state index in [1.54, 1.807) is 0 Å². The van der Waals surface area contributed by atoms with Crippen molar-refractivity contribution < 1.29 is 9.53 Å².